The van der Waals surface area contributed by atoms with Crippen molar-refractivity contribution in [2.45, 2.75) is 53.2 Å². The van der Waals surface area contributed by atoms with Crippen LogP contribution in [0.25, 0.3) is 0 Å². The second-order valence-electron chi connectivity index (χ2n) is 7.62. The zero-order valence-electron chi connectivity index (χ0n) is 15.2. The Bertz CT molecular complexity index is 584. The molecule has 0 aliphatic heterocycles. The average molecular weight is 353 g/mol. The molecule has 0 aromatic rings. The van der Waals surface area contributed by atoms with Gasteiger partial charge in [0.2, 0.25) is 0 Å². The Labute approximate surface area is 147 Å². The molecule has 1 fully saturated rings. The summed E-state index contributed by atoms with van der Waals surface area (Å²) in [5.74, 6) is -0.926. The molecule has 140 valence electrons. The van der Waals surface area contributed by atoms with E-state index in [0.29, 0.717) is 5.92 Å². The Morgan fingerprint density at radius 3 is 2.56 bits per heavy atom. The summed E-state index contributed by atoms with van der Waals surface area (Å²) in [4.78, 5) is 34.5. The summed E-state index contributed by atoms with van der Waals surface area (Å²) in [6, 6.07) is 0. The molecule has 2 rings (SSSR count). The largest absolute Gasteiger partial charge is 0.481 e. The fourth-order valence-electron chi connectivity index (χ4n) is 4.02. The van der Waals surface area contributed by atoms with Gasteiger partial charge in [0.15, 0.2) is 0 Å². The number of carboxylic acids is 1. The number of nitrogens with one attached hydrogen (secondary N) is 1. The first-order valence-corrected chi connectivity index (χ1v) is 8.64. The normalized spacial score (nSPS) is 28.4. The lowest BCUT2D eigenvalue weighted by Gasteiger charge is -2.51. The quantitative estimate of drug-likeness (QED) is 0.414. The maximum Gasteiger partial charge on any atom is 0.410 e. The average Bonchev–Trinajstić information content (AvgIpc) is 2.78. The van der Waals surface area contributed by atoms with E-state index in [9.17, 15) is 19.5 Å². The number of carbonyl (C=O) groups excluding carboxylic acids is 2. The minimum atomic E-state index is -0.962. The predicted octanol–water partition coefficient (Wildman–Crippen LogP) is 2.71. The predicted molar refractivity (Wildman–Crippen MR) is 89.5 cm³/mol. The number of alkyl carbamates (subject to hydrolysis) is 1. The summed E-state index contributed by atoms with van der Waals surface area (Å²) in [6.07, 6.45) is 2.26. The van der Waals surface area contributed by atoms with E-state index in [1.165, 1.54) is 12.5 Å². The van der Waals surface area contributed by atoms with E-state index in [2.05, 4.69) is 18.3 Å². The summed E-state index contributed by atoms with van der Waals surface area (Å²) in [7, 11) is 0. The van der Waals surface area contributed by atoms with Crippen molar-refractivity contribution in [1.29, 1.82) is 0 Å². The molecule has 0 aromatic heterocycles. The molecule has 0 unspecified atom stereocenters. The van der Waals surface area contributed by atoms with Crippen molar-refractivity contribution in [3.8, 4) is 0 Å². The third kappa shape index (κ3) is 4.52. The van der Waals surface area contributed by atoms with Crippen molar-refractivity contribution in [1.82, 2.24) is 5.32 Å². The van der Waals surface area contributed by atoms with Crippen molar-refractivity contribution in [2.24, 2.45) is 23.2 Å². The molecule has 25 heavy (non-hydrogen) atoms. The molecule has 0 spiro atoms. The Kier molecular flexibility index (Phi) is 5.75. The monoisotopic (exact) mass is 353 g/mol. The highest BCUT2D eigenvalue weighted by Gasteiger charge is 2.55. The van der Waals surface area contributed by atoms with Crippen molar-refractivity contribution >= 4 is 18.0 Å². The van der Waals surface area contributed by atoms with Gasteiger partial charge in [-0.1, -0.05) is 25.5 Å². The fraction of sp³-hybridized carbons (Fsp3) is 0.722. The van der Waals surface area contributed by atoms with Crippen molar-refractivity contribution < 1.29 is 29.0 Å². The molecule has 2 aliphatic rings. The Morgan fingerprint density at radius 1 is 1.36 bits per heavy atom. The van der Waals surface area contributed by atoms with Gasteiger partial charge in [-0.25, -0.2) is 4.79 Å². The van der Waals surface area contributed by atoms with E-state index in [1.54, 1.807) is 13.8 Å². The van der Waals surface area contributed by atoms with Crippen LogP contribution in [0.2, 0.25) is 0 Å². The first-order chi connectivity index (χ1) is 11.6. The number of hydrogen-bond donors (Lipinski definition) is 2. The highest BCUT2D eigenvalue weighted by Crippen LogP contribution is 2.59. The van der Waals surface area contributed by atoms with E-state index < -0.39 is 29.7 Å². The van der Waals surface area contributed by atoms with E-state index in [0.717, 1.165) is 12.8 Å². The maximum absolute atomic E-state index is 12.1. The highest BCUT2D eigenvalue weighted by molar-refractivity contribution is 5.70. The maximum atomic E-state index is 12.1. The zero-order valence-corrected chi connectivity index (χ0v) is 15.2. The Hall–Kier alpha value is -2.05. The third-order valence-electron chi connectivity index (χ3n) is 5.07. The van der Waals surface area contributed by atoms with E-state index in [1.807, 2.05) is 0 Å². The SMILES string of the molecule is CC(=O)O[C@H](OC(=O)NC[C@]1(CC(=O)O)C[C@@H]2CC(C)=C[C@H]21)C(C)C. The van der Waals surface area contributed by atoms with Crippen LogP contribution < -0.4 is 5.32 Å². The minimum Gasteiger partial charge on any atom is -0.481 e. The molecule has 1 amide bonds. The minimum absolute atomic E-state index is 0.00970. The van der Waals surface area contributed by atoms with Gasteiger partial charge in [-0.2, -0.15) is 0 Å². The molecule has 0 heterocycles. The molecule has 1 saturated carbocycles. The van der Waals surface area contributed by atoms with Crippen LogP contribution in [0.15, 0.2) is 11.6 Å². The van der Waals surface area contributed by atoms with Gasteiger partial charge in [0, 0.05) is 24.8 Å². The molecular formula is C18H27NO6. The van der Waals surface area contributed by atoms with E-state index >= 15 is 0 Å². The highest BCUT2D eigenvalue weighted by atomic mass is 16.7. The molecule has 0 bridgehead atoms. The number of fused-ring (bicyclic) bond motifs is 1. The van der Waals surface area contributed by atoms with Crippen LogP contribution in [0.5, 0.6) is 0 Å². The second-order valence-corrected chi connectivity index (χ2v) is 7.62. The number of ether oxygens (including phenoxy) is 2. The number of esters is 1. The molecular weight excluding hydrogens is 326 g/mol. The number of hydrogen-bond acceptors (Lipinski definition) is 5. The third-order valence-corrected chi connectivity index (χ3v) is 5.07. The smallest absolute Gasteiger partial charge is 0.410 e. The van der Waals surface area contributed by atoms with Gasteiger partial charge in [0.05, 0.1) is 6.42 Å². The summed E-state index contributed by atoms with van der Waals surface area (Å²) in [5, 5.41) is 11.9. The molecule has 2 aliphatic carbocycles. The van der Waals surface area contributed by atoms with Crippen LogP contribution >= 0.6 is 0 Å². The lowest BCUT2D eigenvalue weighted by Crippen LogP contribution is -2.53. The van der Waals surface area contributed by atoms with E-state index in [-0.39, 0.29) is 24.8 Å². The molecule has 2 N–H and O–H groups in total. The topological polar surface area (TPSA) is 102 Å². The Balaban J connectivity index is 1.95. The van der Waals surface area contributed by atoms with Crippen LogP contribution in [-0.2, 0) is 19.1 Å². The van der Waals surface area contributed by atoms with E-state index in [4.69, 9.17) is 9.47 Å². The lowest BCUT2D eigenvalue weighted by atomic mass is 9.53. The molecule has 7 nitrogen and oxygen atoms in total. The Morgan fingerprint density at radius 2 is 2.04 bits per heavy atom. The molecule has 0 aromatic carbocycles. The van der Waals surface area contributed by atoms with Gasteiger partial charge in [-0.3, -0.25) is 9.59 Å². The molecule has 4 atom stereocenters. The summed E-state index contributed by atoms with van der Waals surface area (Å²) < 4.78 is 10.1. The first kappa shape index (κ1) is 19.3. The van der Waals surface area contributed by atoms with Gasteiger partial charge >= 0.3 is 18.0 Å². The lowest BCUT2D eigenvalue weighted by molar-refractivity contribution is -0.172. The number of amides is 1. The van der Waals surface area contributed by atoms with Crippen LogP contribution in [-0.4, -0.2) is 36.0 Å². The van der Waals surface area contributed by atoms with Gasteiger partial charge in [0.1, 0.15) is 0 Å². The van der Waals surface area contributed by atoms with Gasteiger partial charge in [0.25, 0.3) is 6.29 Å². The molecule has 7 heteroatoms. The van der Waals surface area contributed by atoms with Crippen LogP contribution in [0.1, 0.15) is 47.0 Å². The first-order valence-electron chi connectivity index (χ1n) is 8.64. The summed E-state index contributed by atoms with van der Waals surface area (Å²) in [6.45, 7) is 7.08. The standard InChI is InChI=1S/C18H27NO6/c1-10(2)16(24-12(4)20)25-17(23)19-9-18(8-15(21)22)7-13-5-11(3)6-14(13)18/h6,10,13-14,16H,5,7-9H2,1-4H3,(H,19,23)(H,21,22)/t13-,14+,16+,18+/m0/s1. The summed E-state index contributed by atoms with van der Waals surface area (Å²) >= 11 is 0. The van der Waals surface area contributed by atoms with Crippen molar-refractivity contribution in [3.05, 3.63) is 11.6 Å². The van der Waals surface area contributed by atoms with Crippen LogP contribution in [0, 0.1) is 23.2 Å². The van der Waals surface area contributed by atoms with Crippen LogP contribution in [0.4, 0.5) is 4.79 Å². The fourth-order valence-corrected chi connectivity index (χ4v) is 4.02. The number of carboxylic acid groups (broad SMARTS) is 1. The van der Waals surface area contributed by atoms with Gasteiger partial charge in [-0.05, 0) is 31.6 Å². The summed E-state index contributed by atoms with van der Waals surface area (Å²) in [5.41, 5.74) is 0.807. The number of rotatable bonds is 7. The second kappa shape index (κ2) is 7.45. The zero-order chi connectivity index (χ0) is 18.8. The van der Waals surface area contributed by atoms with Crippen molar-refractivity contribution in [2.75, 3.05) is 6.54 Å². The molecule has 0 radical (unpaired) electrons. The number of carbonyl (C=O) groups is 3. The van der Waals surface area contributed by atoms with Gasteiger partial charge < -0.3 is 19.9 Å². The molecule has 0 saturated heterocycles. The number of aliphatic carboxylic acids is 1. The van der Waals surface area contributed by atoms with Crippen LogP contribution in [0.3, 0.4) is 0 Å². The van der Waals surface area contributed by atoms with Crippen molar-refractivity contribution in [3.63, 3.8) is 0 Å². The van der Waals surface area contributed by atoms with Gasteiger partial charge in [-0.15, -0.1) is 0 Å². The number of allylic oxidation sites excluding steroid dienone is 2.